The Kier molecular flexibility index (Phi) is 2.52. The molecule has 2 rings (SSSR count). The van der Waals surface area contributed by atoms with Gasteiger partial charge in [-0.2, -0.15) is 10.4 Å². The van der Waals surface area contributed by atoms with E-state index in [0.717, 1.165) is 0 Å². The van der Waals surface area contributed by atoms with E-state index in [9.17, 15) is 4.79 Å². The molecule has 1 amide bonds. The van der Waals surface area contributed by atoms with Crippen molar-refractivity contribution in [2.45, 2.75) is 13.0 Å². The van der Waals surface area contributed by atoms with Crippen LogP contribution in [0.4, 0.5) is 0 Å². The van der Waals surface area contributed by atoms with Crippen LogP contribution in [0.25, 0.3) is 5.52 Å². The maximum absolute atomic E-state index is 11.7. The number of rotatable bonds is 2. The van der Waals surface area contributed by atoms with Gasteiger partial charge >= 0.3 is 0 Å². The molecular weight excluding hydrogens is 206 g/mol. The average molecular weight is 215 g/mol. The van der Waals surface area contributed by atoms with Gasteiger partial charge in [0, 0.05) is 12.4 Å². The van der Waals surface area contributed by atoms with Crippen LogP contribution in [0, 0.1) is 11.3 Å². The second-order valence-electron chi connectivity index (χ2n) is 3.29. The van der Waals surface area contributed by atoms with E-state index in [1.807, 2.05) is 6.07 Å². The molecule has 1 unspecified atom stereocenters. The molecule has 16 heavy (non-hydrogen) atoms. The first-order chi connectivity index (χ1) is 7.72. The lowest BCUT2D eigenvalue weighted by Crippen LogP contribution is -2.31. The zero-order chi connectivity index (χ0) is 11.5. The molecule has 0 aliphatic heterocycles. The van der Waals surface area contributed by atoms with E-state index in [2.05, 4.69) is 15.4 Å². The van der Waals surface area contributed by atoms with E-state index in [0.29, 0.717) is 11.1 Å². The summed E-state index contributed by atoms with van der Waals surface area (Å²) in [5, 5.41) is 15.1. The quantitative estimate of drug-likeness (QED) is 0.784. The summed E-state index contributed by atoms with van der Waals surface area (Å²) in [7, 11) is 0. The number of nitrogens with one attached hydrogen (secondary N) is 1. The van der Waals surface area contributed by atoms with Crippen molar-refractivity contribution in [3.63, 3.8) is 0 Å². The Bertz CT molecular complexity index is 568. The molecule has 0 aromatic carbocycles. The highest BCUT2D eigenvalue weighted by molar-refractivity contribution is 6.00. The summed E-state index contributed by atoms with van der Waals surface area (Å²) in [5.41, 5.74) is 1.03. The summed E-state index contributed by atoms with van der Waals surface area (Å²) in [5.74, 6) is -0.322. The minimum absolute atomic E-state index is 0.322. The van der Waals surface area contributed by atoms with Crippen LogP contribution in [0.2, 0.25) is 0 Å². The number of hydrogen-bond acceptors (Lipinski definition) is 4. The summed E-state index contributed by atoms with van der Waals surface area (Å²) >= 11 is 0. The van der Waals surface area contributed by atoms with E-state index in [1.54, 1.807) is 30.0 Å². The van der Waals surface area contributed by atoms with Crippen molar-refractivity contribution in [3.8, 4) is 6.07 Å². The summed E-state index contributed by atoms with van der Waals surface area (Å²) < 4.78 is 1.55. The Balaban J connectivity index is 2.34. The first-order valence-corrected chi connectivity index (χ1v) is 4.70. The number of amides is 1. The monoisotopic (exact) mass is 215 g/mol. The molecule has 2 aromatic heterocycles. The minimum Gasteiger partial charge on any atom is -0.336 e. The first-order valence-electron chi connectivity index (χ1n) is 4.70. The van der Waals surface area contributed by atoms with Gasteiger partial charge in [-0.3, -0.25) is 9.78 Å². The van der Waals surface area contributed by atoms with Gasteiger partial charge in [-0.25, -0.2) is 4.52 Å². The third kappa shape index (κ3) is 1.70. The molecule has 0 spiro atoms. The molecule has 2 heterocycles. The third-order valence-electron chi connectivity index (χ3n) is 2.11. The molecule has 0 saturated heterocycles. The molecule has 0 aliphatic carbocycles. The Morgan fingerprint density at radius 3 is 3.19 bits per heavy atom. The molecule has 1 N–H and O–H groups in total. The van der Waals surface area contributed by atoms with Crippen LogP contribution in [0.15, 0.2) is 24.8 Å². The Morgan fingerprint density at radius 1 is 1.62 bits per heavy atom. The fourth-order valence-electron chi connectivity index (χ4n) is 1.32. The molecule has 0 aliphatic rings. The lowest BCUT2D eigenvalue weighted by molar-refractivity contribution is 0.0949. The number of nitrogens with zero attached hydrogens (tertiary/aromatic N) is 4. The van der Waals surface area contributed by atoms with E-state index in [4.69, 9.17) is 5.26 Å². The van der Waals surface area contributed by atoms with Crippen LogP contribution < -0.4 is 5.32 Å². The number of fused-ring (bicyclic) bond motifs is 1. The van der Waals surface area contributed by atoms with Crippen molar-refractivity contribution >= 4 is 11.4 Å². The third-order valence-corrected chi connectivity index (χ3v) is 2.11. The Labute approximate surface area is 91.5 Å². The van der Waals surface area contributed by atoms with Crippen LogP contribution in [-0.2, 0) is 0 Å². The van der Waals surface area contributed by atoms with Crippen molar-refractivity contribution in [2.24, 2.45) is 0 Å². The molecule has 2 aromatic rings. The number of hydrogen-bond donors (Lipinski definition) is 1. The second-order valence-corrected chi connectivity index (χ2v) is 3.29. The molecule has 6 heteroatoms. The highest BCUT2D eigenvalue weighted by Gasteiger charge is 2.14. The van der Waals surface area contributed by atoms with Gasteiger partial charge in [0.25, 0.3) is 5.91 Å². The van der Waals surface area contributed by atoms with Gasteiger partial charge in [0.05, 0.1) is 29.5 Å². The Hall–Kier alpha value is -2.42. The summed E-state index contributed by atoms with van der Waals surface area (Å²) in [6.07, 6.45) is 6.24. The lowest BCUT2D eigenvalue weighted by atomic mass is 10.2. The summed E-state index contributed by atoms with van der Waals surface area (Å²) in [6.45, 7) is 1.61. The standard InChI is InChI=1S/C10H9N5O/c1-7(4-11)14-10(16)8-5-13-15-3-2-12-6-9(8)15/h2-3,5-7H,1H3,(H,14,16). The first kappa shape index (κ1) is 10.1. The van der Waals surface area contributed by atoms with Crippen molar-refractivity contribution in [1.29, 1.82) is 5.26 Å². The molecule has 0 fully saturated rings. The van der Waals surface area contributed by atoms with Crippen molar-refractivity contribution < 1.29 is 4.79 Å². The van der Waals surface area contributed by atoms with E-state index >= 15 is 0 Å². The van der Waals surface area contributed by atoms with Crippen LogP contribution in [-0.4, -0.2) is 26.5 Å². The molecule has 0 saturated carbocycles. The zero-order valence-electron chi connectivity index (χ0n) is 8.58. The van der Waals surface area contributed by atoms with E-state index < -0.39 is 6.04 Å². The highest BCUT2D eigenvalue weighted by atomic mass is 16.1. The fourth-order valence-corrected chi connectivity index (χ4v) is 1.32. The van der Waals surface area contributed by atoms with Crippen molar-refractivity contribution in [1.82, 2.24) is 19.9 Å². The van der Waals surface area contributed by atoms with Gasteiger partial charge in [-0.05, 0) is 6.92 Å². The van der Waals surface area contributed by atoms with Gasteiger partial charge in [0.1, 0.15) is 6.04 Å². The van der Waals surface area contributed by atoms with Gasteiger partial charge in [-0.1, -0.05) is 0 Å². The molecule has 80 valence electrons. The van der Waals surface area contributed by atoms with Gasteiger partial charge < -0.3 is 5.32 Å². The predicted octanol–water partition coefficient (Wildman–Crippen LogP) is 0.371. The largest absolute Gasteiger partial charge is 0.336 e. The topological polar surface area (TPSA) is 83.1 Å². The van der Waals surface area contributed by atoms with Crippen molar-refractivity contribution in [2.75, 3.05) is 0 Å². The maximum Gasteiger partial charge on any atom is 0.256 e. The van der Waals surface area contributed by atoms with Crippen molar-refractivity contribution in [3.05, 3.63) is 30.4 Å². The molecular formula is C10H9N5O. The van der Waals surface area contributed by atoms with Gasteiger partial charge in [-0.15, -0.1) is 0 Å². The predicted molar refractivity (Wildman–Crippen MR) is 55.5 cm³/mol. The average Bonchev–Trinajstić information content (AvgIpc) is 2.72. The SMILES string of the molecule is CC(C#N)NC(=O)c1cnn2ccncc12. The second kappa shape index (κ2) is 3.98. The number of carbonyl (C=O) groups is 1. The van der Waals surface area contributed by atoms with Crippen LogP contribution in [0.3, 0.4) is 0 Å². The molecule has 0 radical (unpaired) electrons. The Morgan fingerprint density at radius 2 is 2.44 bits per heavy atom. The maximum atomic E-state index is 11.7. The highest BCUT2D eigenvalue weighted by Crippen LogP contribution is 2.08. The zero-order valence-corrected chi connectivity index (χ0v) is 8.58. The normalized spacial score (nSPS) is 12.0. The van der Waals surface area contributed by atoms with Crippen LogP contribution in [0.5, 0.6) is 0 Å². The van der Waals surface area contributed by atoms with Gasteiger partial charge in [0.15, 0.2) is 0 Å². The summed E-state index contributed by atoms with van der Waals surface area (Å²) in [6, 6.07) is 1.40. The molecule has 0 bridgehead atoms. The van der Waals surface area contributed by atoms with E-state index in [-0.39, 0.29) is 5.91 Å². The fraction of sp³-hybridized carbons (Fsp3) is 0.200. The smallest absolute Gasteiger partial charge is 0.256 e. The number of carbonyl (C=O) groups excluding carboxylic acids is 1. The van der Waals surface area contributed by atoms with Crippen LogP contribution >= 0.6 is 0 Å². The van der Waals surface area contributed by atoms with E-state index in [1.165, 1.54) is 6.20 Å². The minimum atomic E-state index is -0.529. The lowest BCUT2D eigenvalue weighted by Gasteiger charge is -2.04. The molecule has 6 nitrogen and oxygen atoms in total. The molecule has 1 atom stereocenters. The van der Waals surface area contributed by atoms with Crippen LogP contribution in [0.1, 0.15) is 17.3 Å². The number of aromatic nitrogens is 3. The number of nitriles is 1. The summed E-state index contributed by atoms with van der Waals surface area (Å²) in [4.78, 5) is 15.7. The van der Waals surface area contributed by atoms with Gasteiger partial charge in [0.2, 0.25) is 0 Å².